The highest BCUT2D eigenvalue weighted by atomic mass is 32.2. The second kappa shape index (κ2) is 7.37. The summed E-state index contributed by atoms with van der Waals surface area (Å²) in [6.45, 7) is -0.173. The van der Waals surface area contributed by atoms with Crippen LogP contribution in [0.5, 0.6) is 0 Å². The van der Waals surface area contributed by atoms with Gasteiger partial charge in [-0.15, -0.1) is 0 Å². The summed E-state index contributed by atoms with van der Waals surface area (Å²) < 4.78 is 29.7. The number of nitrogens with one attached hydrogen (secondary N) is 2. The number of sulfonamides is 1. The van der Waals surface area contributed by atoms with Crippen LogP contribution in [0.15, 0.2) is 30.3 Å². The van der Waals surface area contributed by atoms with Crippen molar-refractivity contribution in [3.05, 3.63) is 30.3 Å². The van der Waals surface area contributed by atoms with Gasteiger partial charge in [-0.2, -0.15) is 0 Å². The summed E-state index contributed by atoms with van der Waals surface area (Å²) in [6.07, 6.45) is -3.51. The third kappa shape index (κ3) is 5.26. The minimum atomic E-state index is -3.44. The minimum Gasteiger partial charge on any atom is -0.388 e. The van der Waals surface area contributed by atoms with Crippen LogP contribution in [0.25, 0.3) is 0 Å². The van der Waals surface area contributed by atoms with Crippen LogP contribution in [0.2, 0.25) is 0 Å². The lowest BCUT2D eigenvalue weighted by molar-refractivity contribution is -0.120. The number of aliphatic hydroxyl groups is 2. The van der Waals surface area contributed by atoms with E-state index in [2.05, 4.69) is 10.0 Å². The number of ether oxygens (including phenoxy) is 1. The minimum absolute atomic E-state index is 0.150. The van der Waals surface area contributed by atoms with Gasteiger partial charge >= 0.3 is 0 Å². The zero-order valence-electron chi connectivity index (χ0n) is 12.5. The number of rotatable bonds is 6. The molecule has 0 spiro atoms. The van der Waals surface area contributed by atoms with Gasteiger partial charge in [-0.1, -0.05) is 18.2 Å². The van der Waals surface area contributed by atoms with Crippen LogP contribution in [0.3, 0.4) is 0 Å². The van der Waals surface area contributed by atoms with Crippen molar-refractivity contribution in [2.45, 2.75) is 30.8 Å². The first kappa shape index (κ1) is 17.8. The first-order valence-corrected chi connectivity index (χ1v) is 8.96. The Hall–Kier alpha value is -1.52. The predicted octanol–water partition coefficient (Wildman–Crippen LogP) is -0.946. The molecule has 0 bridgehead atoms. The molecule has 9 heteroatoms. The van der Waals surface area contributed by atoms with Gasteiger partial charge in [0.2, 0.25) is 15.9 Å². The average molecular weight is 344 g/mol. The van der Waals surface area contributed by atoms with Gasteiger partial charge in [-0.3, -0.25) is 4.79 Å². The molecule has 1 fully saturated rings. The standard InChI is InChI=1S/C14H20N2O6S/c1-23(20,21)15-8-11-14(19)13(18)10(22-11)7-12(17)16-9-5-3-2-4-6-9/h2-6,10-11,13-15,18-19H,7-8H2,1H3,(H,16,17)/t10-,11-,13-,14+/m0/s1. The third-order valence-corrected chi connectivity index (χ3v) is 4.14. The highest BCUT2D eigenvalue weighted by Gasteiger charge is 2.43. The van der Waals surface area contributed by atoms with Gasteiger partial charge < -0.3 is 20.3 Å². The van der Waals surface area contributed by atoms with Gasteiger partial charge in [-0.05, 0) is 12.1 Å². The second-order valence-electron chi connectivity index (χ2n) is 5.43. The molecule has 0 aliphatic carbocycles. The number of amides is 1. The van der Waals surface area contributed by atoms with Crippen LogP contribution in [-0.2, 0) is 19.6 Å². The van der Waals surface area contributed by atoms with E-state index in [4.69, 9.17) is 4.74 Å². The molecule has 0 radical (unpaired) electrons. The summed E-state index contributed by atoms with van der Waals surface area (Å²) in [5.41, 5.74) is 0.612. The first-order chi connectivity index (χ1) is 10.8. The fraction of sp³-hybridized carbons (Fsp3) is 0.500. The number of anilines is 1. The maximum atomic E-state index is 11.9. The molecule has 128 valence electrons. The van der Waals surface area contributed by atoms with Gasteiger partial charge in [0.15, 0.2) is 0 Å². The van der Waals surface area contributed by atoms with E-state index in [1.807, 2.05) is 6.07 Å². The highest BCUT2D eigenvalue weighted by Crippen LogP contribution is 2.24. The number of hydrogen-bond donors (Lipinski definition) is 4. The van der Waals surface area contributed by atoms with Crippen molar-refractivity contribution in [1.29, 1.82) is 0 Å². The zero-order chi connectivity index (χ0) is 17.0. The lowest BCUT2D eigenvalue weighted by Gasteiger charge is -2.14. The van der Waals surface area contributed by atoms with Crippen LogP contribution in [0.1, 0.15) is 6.42 Å². The molecule has 1 heterocycles. The quantitative estimate of drug-likeness (QED) is 0.527. The molecule has 1 saturated heterocycles. The SMILES string of the molecule is CS(=O)(=O)NC[C@@H]1O[C@@H](CC(=O)Nc2ccccc2)[C@H](O)[C@@H]1O. The lowest BCUT2D eigenvalue weighted by Crippen LogP contribution is -2.39. The van der Waals surface area contributed by atoms with E-state index in [0.29, 0.717) is 5.69 Å². The molecule has 1 aliphatic rings. The molecule has 0 unspecified atom stereocenters. The van der Waals surface area contributed by atoms with E-state index in [0.717, 1.165) is 6.26 Å². The topological polar surface area (TPSA) is 125 Å². The van der Waals surface area contributed by atoms with Crippen LogP contribution >= 0.6 is 0 Å². The number of aliphatic hydroxyl groups excluding tert-OH is 2. The molecule has 1 amide bonds. The maximum Gasteiger partial charge on any atom is 0.227 e. The summed E-state index contributed by atoms with van der Waals surface area (Å²) in [5.74, 6) is -0.371. The second-order valence-corrected chi connectivity index (χ2v) is 7.27. The predicted molar refractivity (Wildman–Crippen MR) is 83.2 cm³/mol. The van der Waals surface area contributed by atoms with Crippen molar-refractivity contribution in [2.24, 2.45) is 0 Å². The van der Waals surface area contributed by atoms with Gasteiger partial charge in [-0.25, -0.2) is 13.1 Å². The van der Waals surface area contributed by atoms with Gasteiger partial charge in [0, 0.05) is 12.2 Å². The Morgan fingerprint density at radius 1 is 1.17 bits per heavy atom. The summed E-state index contributed by atoms with van der Waals surface area (Å²) in [4.78, 5) is 11.9. The molecule has 8 nitrogen and oxygen atoms in total. The Morgan fingerprint density at radius 3 is 2.39 bits per heavy atom. The molecule has 0 aromatic heterocycles. The van der Waals surface area contributed by atoms with Crippen LogP contribution in [0.4, 0.5) is 5.69 Å². The lowest BCUT2D eigenvalue weighted by atomic mass is 10.1. The third-order valence-electron chi connectivity index (χ3n) is 3.45. The Morgan fingerprint density at radius 2 is 1.78 bits per heavy atom. The number of carbonyl (C=O) groups excluding carboxylic acids is 1. The highest BCUT2D eigenvalue weighted by molar-refractivity contribution is 7.88. The maximum absolute atomic E-state index is 11.9. The van der Waals surface area contributed by atoms with E-state index in [9.17, 15) is 23.4 Å². The molecule has 1 aromatic rings. The Kier molecular flexibility index (Phi) is 5.71. The Bertz CT molecular complexity index is 636. The van der Waals surface area contributed by atoms with Crippen LogP contribution in [-0.4, -0.2) is 61.8 Å². The fourth-order valence-corrected chi connectivity index (χ4v) is 2.78. The van der Waals surface area contributed by atoms with Crippen molar-refractivity contribution in [3.8, 4) is 0 Å². The summed E-state index contributed by atoms with van der Waals surface area (Å²) in [6, 6.07) is 8.80. The molecule has 23 heavy (non-hydrogen) atoms. The summed E-state index contributed by atoms with van der Waals surface area (Å²) in [7, 11) is -3.44. The molecule has 4 atom stereocenters. The number of carbonyl (C=O) groups is 1. The molecule has 0 saturated carbocycles. The smallest absolute Gasteiger partial charge is 0.227 e. The molecule has 2 rings (SSSR count). The fourth-order valence-electron chi connectivity index (χ4n) is 2.31. The molecule has 1 aromatic carbocycles. The van der Waals surface area contributed by atoms with E-state index in [1.165, 1.54) is 0 Å². The summed E-state index contributed by atoms with van der Waals surface area (Å²) >= 11 is 0. The molecule has 1 aliphatic heterocycles. The normalized spacial score (nSPS) is 27.8. The van der Waals surface area contributed by atoms with Crippen molar-refractivity contribution >= 4 is 21.6 Å². The Labute approximate surface area is 134 Å². The zero-order valence-corrected chi connectivity index (χ0v) is 13.4. The van der Waals surface area contributed by atoms with Crippen molar-refractivity contribution in [1.82, 2.24) is 4.72 Å². The van der Waals surface area contributed by atoms with E-state index in [-0.39, 0.29) is 18.9 Å². The van der Waals surface area contributed by atoms with Crippen LogP contribution < -0.4 is 10.0 Å². The van der Waals surface area contributed by atoms with Crippen molar-refractivity contribution < 1.29 is 28.2 Å². The number of para-hydroxylation sites is 1. The van der Waals surface area contributed by atoms with E-state index in [1.54, 1.807) is 24.3 Å². The van der Waals surface area contributed by atoms with E-state index >= 15 is 0 Å². The Balaban J connectivity index is 1.89. The van der Waals surface area contributed by atoms with Crippen molar-refractivity contribution in [2.75, 3.05) is 18.1 Å². The number of benzene rings is 1. The molecular weight excluding hydrogens is 324 g/mol. The monoisotopic (exact) mass is 344 g/mol. The van der Waals surface area contributed by atoms with Crippen molar-refractivity contribution in [3.63, 3.8) is 0 Å². The molecule has 4 N–H and O–H groups in total. The molecular formula is C14H20N2O6S. The van der Waals surface area contributed by atoms with E-state index < -0.39 is 34.4 Å². The number of hydrogen-bond acceptors (Lipinski definition) is 6. The van der Waals surface area contributed by atoms with Gasteiger partial charge in [0.1, 0.15) is 18.3 Å². The average Bonchev–Trinajstić information content (AvgIpc) is 2.73. The van der Waals surface area contributed by atoms with Gasteiger partial charge in [0.05, 0.1) is 18.8 Å². The van der Waals surface area contributed by atoms with Crippen LogP contribution in [0, 0.1) is 0 Å². The first-order valence-electron chi connectivity index (χ1n) is 7.07. The summed E-state index contributed by atoms with van der Waals surface area (Å²) in [5, 5.41) is 22.5. The largest absolute Gasteiger partial charge is 0.388 e. The van der Waals surface area contributed by atoms with Gasteiger partial charge in [0.25, 0.3) is 0 Å².